The molecule has 2 rings (SSSR count). The fourth-order valence-corrected chi connectivity index (χ4v) is 3.18. The highest BCUT2D eigenvalue weighted by atomic mass is 79.9. The first-order chi connectivity index (χ1) is 8.97. The first kappa shape index (κ1) is 14.2. The van der Waals surface area contributed by atoms with Crippen LogP contribution in [0.15, 0.2) is 51.8 Å². The van der Waals surface area contributed by atoms with Crippen molar-refractivity contribution in [2.24, 2.45) is 0 Å². The van der Waals surface area contributed by atoms with E-state index in [4.69, 9.17) is 0 Å². The van der Waals surface area contributed by atoms with Crippen molar-refractivity contribution in [3.8, 4) is 0 Å². The van der Waals surface area contributed by atoms with Crippen LogP contribution in [-0.2, 0) is 16.6 Å². The quantitative estimate of drug-likeness (QED) is 0.930. The molecular weight excluding hydrogens is 328 g/mol. The van der Waals surface area contributed by atoms with Crippen molar-refractivity contribution in [2.75, 3.05) is 0 Å². The van der Waals surface area contributed by atoms with Crippen LogP contribution in [0.5, 0.6) is 0 Å². The molecule has 2 aromatic rings. The molecule has 0 saturated carbocycles. The van der Waals surface area contributed by atoms with Crippen LogP contribution in [0.1, 0.15) is 11.4 Å². The van der Waals surface area contributed by atoms with E-state index in [1.165, 1.54) is 0 Å². The van der Waals surface area contributed by atoms with Crippen LogP contribution in [0, 0.1) is 6.92 Å². The van der Waals surface area contributed by atoms with Crippen molar-refractivity contribution in [3.05, 3.63) is 58.3 Å². The predicted molar refractivity (Wildman–Crippen MR) is 77.1 cm³/mol. The zero-order chi connectivity index (χ0) is 13.9. The smallest absolute Gasteiger partial charge is 0.240 e. The first-order valence-electron chi connectivity index (χ1n) is 5.65. The van der Waals surface area contributed by atoms with Gasteiger partial charge in [0.2, 0.25) is 10.0 Å². The average molecular weight is 341 g/mol. The summed E-state index contributed by atoms with van der Waals surface area (Å²) in [6.45, 7) is 2.04. The highest BCUT2D eigenvalue weighted by Crippen LogP contribution is 2.16. The number of nitrogens with zero attached hydrogens (tertiary/aromatic N) is 1. The second-order valence-corrected chi connectivity index (χ2v) is 6.73. The van der Waals surface area contributed by atoms with Gasteiger partial charge in [-0.1, -0.05) is 28.1 Å². The molecule has 100 valence electrons. The van der Waals surface area contributed by atoms with Gasteiger partial charge in [-0.3, -0.25) is 4.98 Å². The van der Waals surface area contributed by atoms with E-state index >= 15 is 0 Å². The monoisotopic (exact) mass is 340 g/mol. The van der Waals surface area contributed by atoms with Crippen molar-refractivity contribution < 1.29 is 8.42 Å². The van der Waals surface area contributed by atoms with Crippen molar-refractivity contribution >= 4 is 26.0 Å². The maximum Gasteiger partial charge on any atom is 0.240 e. The lowest BCUT2D eigenvalue weighted by atomic mass is 10.3. The van der Waals surface area contributed by atoms with Crippen LogP contribution in [-0.4, -0.2) is 13.4 Å². The van der Waals surface area contributed by atoms with Gasteiger partial charge in [-0.15, -0.1) is 0 Å². The molecule has 0 fully saturated rings. The number of nitrogens with one attached hydrogen (secondary N) is 1. The number of rotatable bonds is 4. The van der Waals surface area contributed by atoms with Crippen molar-refractivity contribution in [1.29, 1.82) is 0 Å². The standard InChI is InChI=1S/C13H13BrN2O2S/c1-10-4-2-6-12(16-10)9-15-19(17,18)13-7-3-5-11(14)8-13/h2-8,15H,9H2,1H3. The van der Waals surface area contributed by atoms with Crippen molar-refractivity contribution in [1.82, 2.24) is 9.71 Å². The molecule has 1 heterocycles. The first-order valence-corrected chi connectivity index (χ1v) is 7.93. The molecule has 19 heavy (non-hydrogen) atoms. The minimum absolute atomic E-state index is 0.177. The summed E-state index contributed by atoms with van der Waals surface area (Å²) < 4.78 is 27.4. The Morgan fingerprint density at radius 3 is 2.63 bits per heavy atom. The second-order valence-electron chi connectivity index (χ2n) is 4.05. The van der Waals surface area contributed by atoms with Crippen LogP contribution in [0.2, 0.25) is 0 Å². The van der Waals surface area contributed by atoms with Crippen molar-refractivity contribution in [2.45, 2.75) is 18.4 Å². The highest BCUT2D eigenvalue weighted by Gasteiger charge is 2.13. The zero-order valence-electron chi connectivity index (χ0n) is 10.3. The number of benzene rings is 1. The summed E-state index contributed by atoms with van der Waals surface area (Å²) in [7, 11) is -3.51. The summed E-state index contributed by atoms with van der Waals surface area (Å²) in [5, 5.41) is 0. The molecule has 4 nitrogen and oxygen atoms in total. The third kappa shape index (κ3) is 3.86. The minimum Gasteiger partial charge on any atom is -0.257 e. The molecule has 0 radical (unpaired) electrons. The average Bonchev–Trinajstić information content (AvgIpc) is 2.37. The lowest BCUT2D eigenvalue weighted by Crippen LogP contribution is -2.23. The van der Waals surface area contributed by atoms with Gasteiger partial charge in [0, 0.05) is 10.2 Å². The molecule has 0 amide bonds. The molecule has 6 heteroatoms. The Kier molecular flexibility index (Phi) is 4.34. The Hall–Kier alpha value is -1.24. The number of aryl methyl sites for hydroxylation is 1. The molecule has 0 atom stereocenters. The molecule has 0 aliphatic heterocycles. The SMILES string of the molecule is Cc1cccc(CNS(=O)(=O)c2cccc(Br)c2)n1. The van der Waals surface area contributed by atoms with Crippen molar-refractivity contribution in [3.63, 3.8) is 0 Å². The van der Waals surface area contributed by atoms with E-state index in [0.717, 1.165) is 10.2 Å². The number of pyridine rings is 1. The second kappa shape index (κ2) is 5.81. The summed E-state index contributed by atoms with van der Waals surface area (Å²) in [4.78, 5) is 4.48. The Balaban J connectivity index is 2.14. The molecule has 0 unspecified atom stereocenters. The van der Waals surface area contributed by atoms with Gasteiger partial charge in [-0.25, -0.2) is 13.1 Å². The molecule has 1 N–H and O–H groups in total. The van der Waals surface area contributed by atoms with E-state index < -0.39 is 10.0 Å². The van der Waals surface area contributed by atoms with Crippen LogP contribution >= 0.6 is 15.9 Å². The van der Waals surface area contributed by atoms with Gasteiger partial charge < -0.3 is 0 Å². The van der Waals surface area contributed by atoms with E-state index in [2.05, 4.69) is 25.6 Å². The molecule has 0 saturated heterocycles. The molecule has 0 spiro atoms. The lowest BCUT2D eigenvalue weighted by Gasteiger charge is -2.07. The Bertz CT molecular complexity index is 687. The van der Waals surface area contributed by atoms with E-state index in [0.29, 0.717) is 5.69 Å². The molecule has 0 aliphatic carbocycles. The van der Waals surface area contributed by atoms with E-state index in [-0.39, 0.29) is 11.4 Å². The maximum atomic E-state index is 12.1. The number of aromatic nitrogens is 1. The predicted octanol–water partition coefficient (Wildman–Crippen LogP) is 2.63. The number of hydrogen-bond donors (Lipinski definition) is 1. The summed E-state index contributed by atoms with van der Waals surface area (Å²) in [5.74, 6) is 0. The Morgan fingerprint density at radius 1 is 1.21 bits per heavy atom. The molecule has 0 aliphatic rings. The fourth-order valence-electron chi connectivity index (χ4n) is 1.58. The Labute approximate surface area is 121 Å². The van der Waals surface area contributed by atoms with Gasteiger partial charge in [0.15, 0.2) is 0 Å². The third-order valence-corrected chi connectivity index (χ3v) is 4.39. The number of sulfonamides is 1. The normalized spacial score (nSPS) is 11.5. The van der Waals surface area contributed by atoms with Gasteiger partial charge in [0.25, 0.3) is 0 Å². The number of halogens is 1. The maximum absolute atomic E-state index is 12.1. The summed E-state index contributed by atoms with van der Waals surface area (Å²) in [6.07, 6.45) is 0. The third-order valence-electron chi connectivity index (χ3n) is 2.50. The molecule has 0 bridgehead atoms. The Morgan fingerprint density at radius 2 is 1.95 bits per heavy atom. The largest absolute Gasteiger partial charge is 0.257 e. The number of hydrogen-bond acceptors (Lipinski definition) is 3. The fraction of sp³-hybridized carbons (Fsp3) is 0.154. The molecular formula is C13H13BrN2O2S. The minimum atomic E-state index is -3.51. The van der Waals surface area contributed by atoms with Gasteiger partial charge in [-0.05, 0) is 37.3 Å². The van der Waals surface area contributed by atoms with Gasteiger partial charge >= 0.3 is 0 Å². The molecule has 1 aromatic carbocycles. The summed E-state index contributed by atoms with van der Waals surface area (Å²) >= 11 is 3.26. The van der Waals surface area contributed by atoms with Crippen LogP contribution in [0.4, 0.5) is 0 Å². The zero-order valence-corrected chi connectivity index (χ0v) is 12.7. The van der Waals surface area contributed by atoms with E-state index in [1.54, 1.807) is 30.3 Å². The molecule has 1 aromatic heterocycles. The topological polar surface area (TPSA) is 59.1 Å². The van der Waals surface area contributed by atoms with Gasteiger partial charge in [0.1, 0.15) is 0 Å². The van der Waals surface area contributed by atoms with Crippen LogP contribution in [0.25, 0.3) is 0 Å². The van der Waals surface area contributed by atoms with E-state index in [1.807, 2.05) is 19.1 Å². The lowest BCUT2D eigenvalue weighted by molar-refractivity contribution is 0.580. The highest BCUT2D eigenvalue weighted by molar-refractivity contribution is 9.10. The van der Waals surface area contributed by atoms with E-state index in [9.17, 15) is 8.42 Å². The van der Waals surface area contributed by atoms with Crippen LogP contribution in [0.3, 0.4) is 0 Å². The van der Waals surface area contributed by atoms with Crippen LogP contribution < -0.4 is 4.72 Å². The summed E-state index contributed by atoms with van der Waals surface area (Å²) in [5.41, 5.74) is 1.55. The van der Waals surface area contributed by atoms with Gasteiger partial charge in [0.05, 0.1) is 17.1 Å². The summed E-state index contributed by atoms with van der Waals surface area (Å²) in [6, 6.07) is 12.1. The van der Waals surface area contributed by atoms with Gasteiger partial charge in [-0.2, -0.15) is 0 Å².